The molecule has 2 atom stereocenters. The highest BCUT2D eigenvalue weighted by atomic mass is 19.4. The second-order valence-corrected chi connectivity index (χ2v) is 7.44. The lowest BCUT2D eigenvalue weighted by Crippen LogP contribution is -2.18. The van der Waals surface area contributed by atoms with E-state index < -0.39 is 17.6 Å². The number of para-hydroxylation sites is 1. The van der Waals surface area contributed by atoms with Crippen LogP contribution in [-0.4, -0.2) is 15.7 Å². The zero-order chi connectivity index (χ0) is 20.8. The van der Waals surface area contributed by atoms with Crippen molar-refractivity contribution in [2.24, 2.45) is 11.7 Å². The highest BCUT2D eigenvalue weighted by Crippen LogP contribution is 2.41. The number of nitrogens with two attached hydrogens (primary N) is 1. The number of carbonyl (C=O) groups excluding carboxylic acids is 1. The van der Waals surface area contributed by atoms with Crippen molar-refractivity contribution < 1.29 is 18.0 Å². The second kappa shape index (κ2) is 7.06. The first-order chi connectivity index (χ1) is 13.8. The quantitative estimate of drug-likeness (QED) is 0.620. The third kappa shape index (κ3) is 3.52. The van der Waals surface area contributed by atoms with Crippen molar-refractivity contribution in [3.05, 3.63) is 66.2 Å². The number of halogens is 3. The molecule has 29 heavy (non-hydrogen) atoms. The first-order valence-electron chi connectivity index (χ1n) is 9.39. The molecule has 1 amide bonds. The number of alkyl halides is 3. The molecule has 2 N–H and O–H groups in total. The minimum Gasteiger partial charge on any atom is -0.366 e. The third-order valence-corrected chi connectivity index (χ3v) is 5.66. The van der Waals surface area contributed by atoms with Crippen molar-refractivity contribution in [2.75, 3.05) is 0 Å². The van der Waals surface area contributed by atoms with Gasteiger partial charge in [-0.3, -0.25) is 9.48 Å². The standard InChI is InChI=1S/C22H20F3N3O/c1-13(21(26)29)15-8-11-17(12-15)28-19-5-3-2-4-18(19)20(27-28)14-6-9-16(10-7-14)22(23,24)25/h2-7,9-10,15,17H,1,8,11-12H2,(H2,26,29). The predicted molar refractivity (Wildman–Crippen MR) is 105 cm³/mol. The Hall–Kier alpha value is -3.09. The molecule has 2 unspecified atom stereocenters. The van der Waals surface area contributed by atoms with E-state index in [9.17, 15) is 18.0 Å². The lowest BCUT2D eigenvalue weighted by molar-refractivity contribution is -0.137. The third-order valence-electron chi connectivity index (χ3n) is 5.66. The van der Waals surface area contributed by atoms with Gasteiger partial charge in [-0.25, -0.2) is 0 Å². The molecule has 1 aliphatic rings. The van der Waals surface area contributed by atoms with Crippen LogP contribution >= 0.6 is 0 Å². The summed E-state index contributed by atoms with van der Waals surface area (Å²) in [6.45, 7) is 3.81. The highest BCUT2D eigenvalue weighted by molar-refractivity contribution is 5.93. The van der Waals surface area contributed by atoms with Crippen LogP contribution in [-0.2, 0) is 11.0 Å². The number of carbonyl (C=O) groups is 1. The minimum absolute atomic E-state index is 0.0231. The number of primary amides is 1. The summed E-state index contributed by atoms with van der Waals surface area (Å²) in [5.41, 5.74) is 7.31. The van der Waals surface area contributed by atoms with Gasteiger partial charge >= 0.3 is 6.18 Å². The molecule has 1 heterocycles. The van der Waals surface area contributed by atoms with Crippen LogP contribution in [0.5, 0.6) is 0 Å². The first-order valence-corrected chi connectivity index (χ1v) is 9.39. The van der Waals surface area contributed by atoms with E-state index in [1.54, 1.807) is 0 Å². The molecule has 1 saturated carbocycles. The zero-order valence-corrected chi connectivity index (χ0v) is 15.6. The fourth-order valence-corrected chi connectivity index (χ4v) is 4.10. The number of hydrogen-bond donors (Lipinski definition) is 1. The van der Waals surface area contributed by atoms with Gasteiger partial charge < -0.3 is 5.73 Å². The van der Waals surface area contributed by atoms with Crippen molar-refractivity contribution >= 4 is 16.8 Å². The monoisotopic (exact) mass is 399 g/mol. The van der Waals surface area contributed by atoms with Crippen LogP contribution in [0, 0.1) is 5.92 Å². The van der Waals surface area contributed by atoms with Crippen molar-refractivity contribution in [3.8, 4) is 11.3 Å². The van der Waals surface area contributed by atoms with Crippen LogP contribution in [0.1, 0.15) is 30.9 Å². The normalized spacial score (nSPS) is 19.6. The summed E-state index contributed by atoms with van der Waals surface area (Å²) in [7, 11) is 0. The fraction of sp³-hybridized carbons (Fsp3) is 0.273. The van der Waals surface area contributed by atoms with Crippen LogP contribution in [0.25, 0.3) is 22.2 Å². The molecule has 0 aliphatic heterocycles. The van der Waals surface area contributed by atoms with Gasteiger partial charge in [0.15, 0.2) is 0 Å². The maximum atomic E-state index is 12.9. The summed E-state index contributed by atoms with van der Waals surface area (Å²) < 4.78 is 40.6. The summed E-state index contributed by atoms with van der Waals surface area (Å²) in [5, 5.41) is 5.64. The average molecular weight is 399 g/mol. The molecule has 4 nitrogen and oxygen atoms in total. The Bertz CT molecular complexity index is 1080. The summed E-state index contributed by atoms with van der Waals surface area (Å²) in [6, 6.07) is 12.8. The highest BCUT2D eigenvalue weighted by Gasteiger charge is 2.32. The van der Waals surface area contributed by atoms with Crippen molar-refractivity contribution in [1.29, 1.82) is 0 Å². The van der Waals surface area contributed by atoms with Gasteiger partial charge in [0.1, 0.15) is 5.69 Å². The zero-order valence-electron chi connectivity index (χ0n) is 15.6. The number of hydrogen-bond acceptors (Lipinski definition) is 2. The molecule has 0 radical (unpaired) electrons. The van der Waals surface area contributed by atoms with Gasteiger partial charge in [0.25, 0.3) is 0 Å². The molecule has 4 rings (SSSR count). The molecule has 0 bridgehead atoms. The minimum atomic E-state index is -4.37. The maximum absolute atomic E-state index is 12.9. The Balaban J connectivity index is 1.71. The van der Waals surface area contributed by atoms with E-state index >= 15 is 0 Å². The second-order valence-electron chi connectivity index (χ2n) is 7.44. The van der Waals surface area contributed by atoms with Gasteiger partial charge in [0, 0.05) is 16.5 Å². The molecule has 1 fully saturated rings. The summed E-state index contributed by atoms with van der Waals surface area (Å²) in [6.07, 6.45) is -2.03. The van der Waals surface area contributed by atoms with E-state index in [4.69, 9.17) is 10.8 Å². The van der Waals surface area contributed by atoms with E-state index in [1.807, 2.05) is 28.9 Å². The van der Waals surface area contributed by atoms with Crippen molar-refractivity contribution in [2.45, 2.75) is 31.5 Å². The van der Waals surface area contributed by atoms with E-state index in [1.165, 1.54) is 12.1 Å². The average Bonchev–Trinajstić information content (AvgIpc) is 3.31. The SMILES string of the molecule is C=C(C(N)=O)C1CCC(n2nc(-c3ccc(C(F)(F)F)cc3)c3ccccc32)C1. The number of amides is 1. The van der Waals surface area contributed by atoms with E-state index in [-0.39, 0.29) is 12.0 Å². The number of benzene rings is 2. The van der Waals surface area contributed by atoms with Gasteiger partial charge in [-0.15, -0.1) is 0 Å². The largest absolute Gasteiger partial charge is 0.416 e. The van der Waals surface area contributed by atoms with Gasteiger partial charge in [-0.05, 0) is 43.4 Å². The molecular weight excluding hydrogens is 379 g/mol. The number of aromatic nitrogens is 2. The van der Waals surface area contributed by atoms with Crippen molar-refractivity contribution in [1.82, 2.24) is 9.78 Å². The van der Waals surface area contributed by atoms with Gasteiger partial charge in [-0.1, -0.05) is 36.9 Å². The predicted octanol–water partition coefficient (Wildman–Crippen LogP) is 5.10. The molecule has 1 aliphatic carbocycles. The van der Waals surface area contributed by atoms with Crippen LogP contribution in [0.4, 0.5) is 13.2 Å². The maximum Gasteiger partial charge on any atom is 0.416 e. The Morgan fingerprint density at radius 1 is 1.10 bits per heavy atom. The van der Waals surface area contributed by atoms with Crippen LogP contribution < -0.4 is 5.73 Å². The van der Waals surface area contributed by atoms with Gasteiger partial charge in [-0.2, -0.15) is 18.3 Å². The van der Waals surface area contributed by atoms with Crippen LogP contribution in [0.15, 0.2) is 60.7 Å². The lowest BCUT2D eigenvalue weighted by Gasteiger charge is -2.13. The molecular formula is C22H20F3N3O. The molecule has 2 aromatic carbocycles. The molecule has 7 heteroatoms. The summed E-state index contributed by atoms with van der Waals surface area (Å²) >= 11 is 0. The van der Waals surface area contributed by atoms with Crippen LogP contribution in [0.2, 0.25) is 0 Å². The molecule has 0 spiro atoms. The van der Waals surface area contributed by atoms with E-state index in [0.29, 0.717) is 23.3 Å². The molecule has 0 saturated heterocycles. The van der Waals surface area contributed by atoms with Crippen molar-refractivity contribution in [3.63, 3.8) is 0 Å². The topological polar surface area (TPSA) is 60.9 Å². The number of fused-ring (bicyclic) bond motifs is 1. The molecule has 3 aromatic rings. The van der Waals surface area contributed by atoms with E-state index in [0.717, 1.165) is 35.9 Å². The Morgan fingerprint density at radius 3 is 2.45 bits per heavy atom. The van der Waals surface area contributed by atoms with E-state index in [2.05, 4.69) is 6.58 Å². The fourth-order valence-electron chi connectivity index (χ4n) is 4.10. The van der Waals surface area contributed by atoms with Gasteiger partial charge in [0.2, 0.25) is 5.91 Å². The summed E-state index contributed by atoms with van der Waals surface area (Å²) in [4.78, 5) is 11.4. The molecule has 1 aromatic heterocycles. The first kappa shape index (κ1) is 19.2. The molecule has 150 valence electrons. The number of nitrogens with zero attached hydrogens (tertiary/aromatic N) is 2. The Morgan fingerprint density at radius 2 is 1.79 bits per heavy atom. The lowest BCUT2D eigenvalue weighted by atomic mass is 9.98. The van der Waals surface area contributed by atoms with Gasteiger partial charge in [0.05, 0.1) is 17.1 Å². The number of rotatable bonds is 4. The summed E-state index contributed by atoms with van der Waals surface area (Å²) in [5.74, 6) is -0.457. The Labute approximate surface area is 165 Å². The van der Waals surface area contributed by atoms with Crippen LogP contribution in [0.3, 0.4) is 0 Å². The smallest absolute Gasteiger partial charge is 0.366 e. The Kier molecular flexibility index (Phi) is 4.68.